The molecule has 4 nitrogen and oxygen atoms in total. The van der Waals surface area contributed by atoms with E-state index in [0.717, 1.165) is 36.0 Å². The predicted molar refractivity (Wildman–Crippen MR) is 82.0 cm³/mol. The van der Waals surface area contributed by atoms with Crippen molar-refractivity contribution in [3.05, 3.63) is 34.3 Å². The summed E-state index contributed by atoms with van der Waals surface area (Å²) in [5.41, 5.74) is 1.12. The summed E-state index contributed by atoms with van der Waals surface area (Å²) in [4.78, 5) is 17.4. The van der Waals surface area contributed by atoms with Crippen LogP contribution in [0.1, 0.15) is 31.4 Å². The van der Waals surface area contributed by atoms with Gasteiger partial charge < -0.3 is 10.2 Å². The molecule has 0 saturated carbocycles. The largest absolute Gasteiger partial charge is 0.349 e. The van der Waals surface area contributed by atoms with Crippen molar-refractivity contribution in [3.8, 4) is 0 Å². The number of benzene rings is 1. The molecule has 0 aliphatic carbocycles. The van der Waals surface area contributed by atoms with E-state index in [2.05, 4.69) is 21.2 Å². The molecule has 1 aromatic carbocycles. The molecule has 5 heteroatoms. The molecule has 1 N–H and O–H groups in total. The zero-order valence-corrected chi connectivity index (χ0v) is 13.5. The molecule has 1 aliphatic heterocycles. The van der Waals surface area contributed by atoms with E-state index in [9.17, 15) is 4.79 Å². The Hall–Kier alpha value is -0.910. The van der Waals surface area contributed by atoms with Gasteiger partial charge in [-0.1, -0.05) is 28.1 Å². The minimum Gasteiger partial charge on any atom is -0.349 e. The fourth-order valence-electron chi connectivity index (χ4n) is 2.47. The number of piperidine rings is 1. The number of halogens is 1. The number of nitrogens with one attached hydrogen (secondary N) is 1. The number of rotatable bonds is 4. The lowest BCUT2D eigenvalue weighted by atomic mass is 9.96. The first kappa shape index (κ1) is 15.5. The molecule has 1 heterocycles. The number of nitrogens with zero attached hydrogens (tertiary/aromatic N) is 1. The summed E-state index contributed by atoms with van der Waals surface area (Å²) >= 11 is 3.42. The zero-order valence-electron chi connectivity index (χ0n) is 11.9. The number of carbonyl (C=O) groups is 1. The van der Waals surface area contributed by atoms with Gasteiger partial charge in [0.25, 0.3) is 0 Å². The number of hydrogen-bond donors (Lipinski definition) is 1. The van der Waals surface area contributed by atoms with Gasteiger partial charge in [-0.2, -0.15) is 5.06 Å². The second-order valence-electron chi connectivity index (χ2n) is 5.17. The summed E-state index contributed by atoms with van der Waals surface area (Å²) in [6.45, 7) is 3.66. The molecule has 0 aromatic heterocycles. The van der Waals surface area contributed by atoms with Gasteiger partial charge in [0, 0.05) is 23.5 Å². The maximum absolute atomic E-state index is 12.3. The van der Waals surface area contributed by atoms with Crippen LogP contribution in [0.5, 0.6) is 0 Å². The van der Waals surface area contributed by atoms with Gasteiger partial charge >= 0.3 is 0 Å². The average molecular weight is 341 g/mol. The van der Waals surface area contributed by atoms with E-state index in [1.165, 1.54) is 0 Å². The summed E-state index contributed by atoms with van der Waals surface area (Å²) in [5, 5.41) is 5.01. The molecule has 110 valence electrons. The van der Waals surface area contributed by atoms with Gasteiger partial charge in [-0.05, 0) is 37.5 Å². The van der Waals surface area contributed by atoms with Crippen LogP contribution < -0.4 is 5.32 Å². The van der Waals surface area contributed by atoms with Crippen molar-refractivity contribution in [2.75, 3.05) is 20.2 Å². The molecule has 0 bridgehead atoms. The molecule has 0 spiro atoms. The molecule has 1 aliphatic rings. The van der Waals surface area contributed by atoms with Crippen molar-refractivity contribution in [2.45, 2.75) is 25.8 Å². The monoisotopic (exact) mass is 340 g/mol. The second-order valence-corrected chi connectivity index (χ2v) is 6.08. The highest BCUT2D eigenvalue weighted by atomic mass is 79.9. The van der Waals surface area contributed by atoms with E-state index in [1.54, 1.807) is 7.11 Å². The van der Waals surface area contributed by atoms with Crippen molar-refractivity contribution in [2.24, 2.45) is 5.92 Å². The lowest BCUT2D eigenvalue weighted by Crippen LogP contribution is -2.40. The minimum absolute atomic E-state index is 0.0380. The highest BCUT2D eigenvalue weighted by Crippen LogP contribution is 2.20. The van der Waals surface area contributed by atoms with E-state index < -0.39 is 0 Å². The molecule has 1 aromatic rings. The molecular formula is C15H21BrN2O2. The van der Waals surface area contributed by atoms with Crippen LogP contribution in [0.15, 0.2) is 28.7 Å². The molecule has 2 rings (SSSR count). The fourth-order valence-corrected chi connectivity index (χ4v) is 2.73. The van der Waals surface area contributed by atoms with Gasteiger partial charge in [0.1, 0.15) is 0 Å². The fraction of sp³-hybridized carbons (Fsp3) is 0.533. The molecule has 1 atom stereocenters. The van der Waals surface area contributed by atoms with Gasteiger partial charge in [0.15, 0.2) is 0 Å². The van der Waals surface area contributed by atoms with E-state index in [0.29, 0.717) is 0 Å². The van der Waals surface area contributed by atoms with E-state index in [-0.39, 0.29) is 17.9 Å². The standard InChI is InChI=1S/C15H21BrN2O2/c1-11(12-3-5-14(16)6-4-12)17-15(19)13-7-9-18(20-2)10-8-13/h3-6,11,13H,7-10H2,1-2H3,(H,17,19). The first-order chi connectivity index (χ1) is 9.60. The SMILES string of the molecule is CON1CCC(C(=O)NC(C)c2ccc(Br)cc2)CC1. The summed E-state index contributed by atoms with van der Waals surface area (Å²) in [5.74, 6) is 0.246. The second kappa shape index (κ2) is 7.20. The Morgan fingerprint density at radius 2 is 1.95 bits per heavy atom. The van der Waals surface area contributed by atoms with Crippen molar-refractivity contribution < 1.29 is 9.63 Å². The predicted octanol–water partition coefficient (Wildman–Crippen LogP) is 2.90. The van der Waals surface area contributed by atoms with E-state index >= 15 is 0 Å². The van der Waals surface area contributed by atoms with Gasteiger partial charge in [-0.15, -0.1) is 0 Å². The Bertz CT molecular complexity index is 442. The van der Waals surface area contributed by atoms with Crippen LogP contribution >= 0.6 is 15.9 Å². The summed E-state index contributed by atoms with van der Waals surface area (Å²) in [7, 11) is 1.68. The van der Waals surface area contributed by atoms with E-state index in [1.807, 2.05) is 36.3 Å². The third-order valence-electron chi connectivity index (χ3n) is 3.81. The number of hydroxylamine groups is 2. The Labute approximate surface area is 128 Å². The minimum atomic E-state index is 0.0380. The van der Waals surface area contributed by atoms with Gasteiger partial charge in [-0.3, -0.25) is 4.79 Å². The summed E-state index contributed by atoms with van der Waals surface area (Å²) < 4.78 is 1.05. The molecule has 20 heavy (non-hydrogen) atoms. The topological polar surface area (TPSA) is 41.6 Å². The average Bonchev–Trinajstić information content (AvgIpc) is 2.48. The molecule has 0 radical (unpaired) electrons. The normalized spacial score (nSPS) is 18.8. The third-order valence-corrected chi connectivity index (χ3v) is 4.34. The van der Waals surface area contributed by atoms with Crippen molar-refractivity contribution in [1.29, 1.82) is 0 Å². The third kappa shape index (κ3) is 4.04. The quantitative estimate of drug-likeness (QED) is 0.916. The van der Waals surface area contributed by atoms with Gasteiger partial charge in [-0.25, -0.2) is 0 Å². The Morgan fingerprint density at radius 3 is 2.50 bits per heavy atom. The van der Waals surface area contributed by atoms with Crippen LogP contribution in [0.3, 0.4) is 0 Å². The van der Waals surface area contributed by atoms with Crippen LogP contribution in [0.4, 0.5) is 0 Å². The van der Waals surface area contributed by atoms with Gasteiger partial charge in [0.2, 0.25) is 5.91 Å². The molecule has 1 unspecified atom stereocenters. The van der Waals surface area contributed by atoms with Gasteiger partial charge in [0.05, 0.1) is 13.2 Å². The number of amides is 1. The Balaban J connectivity index is 1.86. The van der Waals surface area contributed by atoms with Crippen LogP contribution in [0.2, 0.25) is 0 Å². The molecule has 1 fully saturated rings. The molecule has 1 saturated heterocycles. The molecule has 1 amide bonds. The highest BCUT2D eigenvalue weighted by molar-refractivity contribution is 9.10. The lowest BCUT2D eigenvalue weighted by molar-refractivity contribution is -0.154. The van der Waals surface area contributed by atoms with Crippen LogP contribution in [-0.2, 0) is 9.63 Å². The Morgan fingerprint density at radius 1 is 1.35 bits per heavy atom. The lowest BCUT2D eigenvalue weighted by Gasteiger charge is -2.30. The highest BCUT2D eigenvalue weighted by Gasteiger charge is 2.25. The number of hydrogen-bond acceptors (Lipinski definition) is 3. The first-order valence-electron chi connectivity index (χ1n) is 6.95. The molecular weight excluding hydrogens is 320 g/mol. The van der Waals surface area contributed by atoms with Crippen LogP contribution in [0.25, 0.3) is 0 Å². The van der Waals surface area contributed by atoms with Crippen molar-refractivity contribution >= 4 is 21.8 Å². The van der Waals surface area contributed by atoms with E-state index in [4.69, 9.17) is 4.84 Å². The van der Waals surface area contributed by atoms with Crippen molar-refractivity contribution in [1.82, 2.24) is 10.4 Å². The summed E-state index contributed by atoms with van der Waals surface area (Å²) in [6, 6.07) is 8.09. The Kier molecular flexibility index (Phi) is 5.57. The smallest absolute Gasteiger partial charge is 0.223 e. The maximum Gasteiger partial charge on any atom is 0.223 e. The van der Waals surface area contributed by atoms with Crippen molar-refractivity contribution in [3.63, 3.8) is 0 Å². The first-order valence-corrected chi connectivity index (χ1v) is 7.74. The van der Waals surface area contributed by atoms with Crippen LogP contribution in [0, 0.1) is 5.92 Å². The van der Waals surface area contributed by atoms with Crippen LogP contribution in [-0.4, -0.2) is 31.2 Å². The maximum atomic E-state index is 12.3. The number of carbonyl (C=O) groups excluding carboxylic acids is 1. The summed E-state index contributed by atoms with van der Waals surface area (Å²) in [6.07, 6.45) is 1.71. The zero-order chi connectivity index (χ0) is 14.5.